The highest BCUT2D eigenvalue weighted by atomic mass is 32.2. The third kappa shape index (κ3) is 4.83. The summed E-state index contributed by atoms with van der Waals surface area (Å²) in [5.74, 6) is 0.514. The van der Waals surface area contributed by atoms with Crippen molar-refractivity contribution in [2.45, 2.75) is 16.6 Å². The van der Waals surface area contributed by atoms with Crippen molar-refractivity contribution in [3.8, 4) is 0 Å². The van der Waals surface area contributed by atoms with E-state index in [0.29, 0.717) is 10.1 Å². The molecule has 12 nitrogen and oxygen atoms in total. The van der Waals surface area contributed by atoms with Crippen LogP contribution < -0.4 is 5.32 Å². The number of tetrazole rings is 1. The van der Waals surface area contributed by atoms with Gasteiger partial charge in [0.1, 0.15) is 23.9 Å². The number of carboxylic acids is 1. The highest BCUT2D eigenvalue weighted by molar-refractivity contribution is 8.10. The molecule has 2 fully saturated rings. The number of nitrogens with one attached hydrogen (secondary N) is 1. The average Bonchev–Trinajstić information content (AvgIpc) is 3.24. The lowest BCUT2D eigenvalue weighted by Gasteiger charge is -2.53. The molecule has 3 aliphatic heterocycles. The fourth-order valence-corrected chi connectivity index (χ4v) is 8.22. The van der Waals surface area contributed by atoms with E-state index in [-0.39, 0.29) is 35.0 Å². The zero-order valence-electron chi connectivity index (χ0n) is 17.7. The second kappa shape index (κ2) is 10.1. The summed E-state index contributed by atoms with van der Waals surface area (Å²) < 4.78 is 1.47. The summed E-state index contributed by atoms with van der Waals surface area (Å²) in [4.78, 5) is 45.0. The van der Waals surface area contributed by atoms with Gasteiger partial charge in [-0.2, -0.15) is 0 Å². The van der Waals surface area contributed by atoms with Crippen LogP contribution in [0.1, 0.15) is 0 Å². The number of fused-ring (bicyclic) bond motifs is 1. The number of β-lactam (4-membered cyclic amide) rings is 1. The van der Waals surface area contributed by atoms with Crippen LogP contribution in [0.4, 0.5) is 0 Å². The largest absolute Gasteiger partial charge is 0.481 e. The smallest absolute Gasteiger partial charge is 0.313 e. The van der Waals surface area contributed by atoms with Gasteiger partial charge in [0.2, 0.25) is 11.1 Å². The molecule has 178 valence electrons. The van der Waals surface area contributed by atoms with Crippen LogP contribution in [0, 0.1) is 5.41 Å². The van der Waals surface area contributed by atoms with Gasteiger partial charge in [-0.25, -0.2) is 4.68 Å². The third-order valence-corrected chi connectivity index (χ3v) is 10.4. The van der Waals surface area contributed by atoms with Crippen LogP contribution in [0.15, 0.2) is 20.6 Å². The van der Waals surface area contributed by atoms with Gasteiger partial charge in [-0.1, -0.05) is 16.9 Å². The average molecular weight is 532 g/mol. The molecule has 2 amide bonds. The SMILES string of the molecule is CON=C(C(=O)NC1C(=O)N2CC(CSc3nnnn3C)(C(=O)O)CS[C@H]12)C1=CSCCS1. The Morgan fingerprint density at radius 1 is 1.45 bits per heavy atom. The second-order valence-electron chi connectivity index (χ2n) is 7.40. The minimum absolute atomic E-state index is 0.0557. The molecule has 0 aliphatic carbocycles. The highest BCUT2D eigenvalue weighted by Crippen LogP contribution is 2.44. The van der Waals surface area contributed by atoms with Crippen LogP contribution in [0.5, 0.6) is 0 Å². The number of oxime groups is 1. The number of carbonyl (C=O) groups excluding carboxylic acids is 2. The van der Waals surface area contributed by atoms with E-state index in [1.54, 1.807) is 18.8 Å². The van der Waals surface area contributed by atoms with Crippen LogP contribution >= 0.6 is 47.0 Å². The molecule has 3 atom stereocenters. The molecule has 0 spiro atoms. The molecule has 33 heavy (non-hydrogen) atoms. The van der Waals surface area contributed by atoms with Crippen LogP contribution in [-0.2, 0) is 26.3 Å². The van der Waals surface area contributed by atoms with Gasteiger partial charge in [0.15, 0.2) is 5.71 Å². The Balaban J connectivity index is 1.41. The van der Waals surface area contributed by atoms with Crippen LogP contribution in [0.2, 0.25) is 0 Å². The first-order valence-corrected chi connectivity index (χ1v) is 13.8. The Labute approximate surface area is 206 Å². The zero-order valence-corrected chi connectivity index (χ0v) is 20.9. The quantitative estimate of drug-likeness (QED) is 0.202. The topological polar surface area (TPSA) is 152 Å². The number of aliphatic carboxylic acids is 1. The number of hydrogen-bond donors (Lipinski definition) is 2. The maximum absolute atomic E-state index is 12.9. The van der Waals surface area contributed by atoms with Crippen LogP contribution in [0.25, 0.3) is 0 Å². The molecule has 1 aromatic rings. The number of amides is 2. The van der Waals surface area contributed by atoms with E-state index in [0.717, 1.165) is 11.5 Å². The summed E-state index contributed by atoms with van der Waals surface area (Å²) in [5.41, 5.74) is -1.01. The van der Waals surface area contributed by atoms with Crippen molar-refractivity contribution in [1.82, 2.24) is 30.4 Å². The molecule has 2 unspecified atom stereocenters. The Morgan fingerprint density at radius 3 is 2.91 bits per heavy atom. The summed E-state index contributed by atoms with van der Waals surface area (Å²) in [6.07, 6.45) is 0. The van der Waals surface area contributed by atoms with Crippen molar-refractivity contribution in [3.63, 3.8) is 0 Å². The molecule has 3 aliphatic rings. The molecular weight excluding hydrogens is 510 g/mol. The number of hydrogen-bond acceptors (Lipinski definition) is 12. The van der Waals surface area contributed by atoms with E-state index in [9.17, 15) is 19.5 Å². The summed E-state index contributed by atoms with van der Waals surface area (Å²) >= 11 is 5.68. The maximum Gasteiger partial charge on any atom is 0.313 e. The molecule has 0 aromatic carbocycles. The number of carbonyl (C=O) groups is 3. The number of aromatic nitrogens is 4. The fourth-order valence-electron chi connectivity index (χ4n) is 3.44. The Kier molecular flexibility index (Phi) is 7.45. The molecule has 0 saturated carbocycles. The van der Waals surface area contributed by atoms with Gasteiger partial charge >= 0.3 is 5.97 Å². The van der Waals surface area contributed by atoms with E-state index in [4.69, 9.17) is 4.84 Å². The monoisotopic (exact) mass is 531 g/mol. The molecule has 2 N–H and O–H groups in total. The number of carboxylic acid groups (broad SMARTS) is 1. The maximum atomic E-state index is 12.9. The molecule has 4 rings (SSSR count). The molecular formula is C17H21N7O5S4. The van der Waals surface area contributed by atoms with E-state index in [2.05, 4.69) is 26.0 Å². The van der Waals surface area contributed by atoms with Crippen molar-refractivity contribution < 1.29 is 24.3 Å². The number of rotatable bonds is 8. The predicted molar refractivity (Wildman–Crippen MR) is 127 cm³/mol. The molecule has 2 saturated heterocycles. The van der Waals surface area contributed by atoms with Gasteiger partial charge < -0.3 is 20.2 Å². The standard InChI is InChI=1S/C17H21N7O5S4/c1-23-16(19-21-22-23)33-8-17(15(27)28)6-24-13(26)11(14(24)32-7-17)18-12(25)10(20-29-2)9-5-30-3-4-31-9/h5,11,14H,3-4,6-8H2,1-2H3,(H,18,25)(H,27,28)/t11?,14-,17?/m1/s1. The van der Waals surface area contributed by atoms with Crippen LogP contribution in [0.3, 0.4) is 0 Å². The van der Waals surface area contributed by atoms with Gasteiger partial charge in [0.25, 0.3) is 5.91 Å². The molecule has 16 heteroatoms. The van der Waals surface area contributed by atoms with E-state index in [1.165, 1.54) is 52.0 Å². The van der Waals surface area contributed by atoms with Crippen molar-refractivity contribution in [3.05, 3.63) is 10.3 Å². The fraction of sp³-hybridized carbons (Fsp3) is 0.588. The van der Waals surface area contributed by atoms with Gasteiger partial charge in [-0.15, -0.1) is 40.4 Å². The van der Waals surface area contributed by atoms with Crippen molar-refractivity contribution >= 4 is 70.5 Å². The van der Waals surface area contributed by atoms with Crippen LogP contribution in [-0.4, -0.2) is 102 Å². The number of aryl methyl sites for hydroxylation is 1. The van der Waals surface area contributed by atoms with Gasteiger partial charge in [-0.3, -0.25) is 14.4 Å². The Bertz CT molecular complexity index is 1020. The first kappa shape index (κ1) is 24.2. The summed E-state index contributed by atoms with van der Waals surface area (Å²) in [7, 11) is 3.04. The van der Waals surface area contributed by atoms with Gasteiger partial charge in [0, 0.05) is 41.5 Å². The summed E-state index contributed by atoms with van der Waals surface area (Å²) in [5, 5.41) is 29.8. The lowest BCUT2D eigenvalue weighted by molar-refractivity contribution is -0.157. The molecule has 4 heterocycles. The zero-order chi connectivity index (χ0) is 23.6. The molecule has 0 radical (unpaired) electrons. The molecule has 1 aromatic heterocycles. The van der Waals surface area contributed by atoms with E-state index in [1.807, 2.05) is 5.41 Å². The van der Waals surface area contributed by atoms with Gasteiger partial charge in [-0.05, 0) is 15.8 Å². The number of thioether (sulfide) groups is 4. The molecule has 0 bridgehead atoms. The summed E-state index contributed by atoms with van der Waals surface area (Å²) in [6.45, 7) is 0.0557. The lowest BCUT2D eigenvalue weighted by atomic mass is 9.89. The number of nitrogens with zero attached hydrogens (tertiary/aromatic N) is 6. The van der Waals surface area contributed by atoms with Gasteiger partial charge in [0.05, 0.1) is 0 Å². The minimum atomic E-state index is -1.15. The lowest BCUT2D eigenvalue weighted by Crippen LogP contribution is -2.74. The van der Waals surface area contributed by atoms with Crippen molar-refractivity contribution in [1.29, 1.82) is 0 Å². The first-order chi connectivity index (χ1) is 15.9. The minimum Gasteiger partial charge on any atom is -0.481 e. The van der Waals surface area contributed by atoms with E-state index < -0.39 is 23.3 Å². The first-order valence-electron chi connectivity index (χ1n) is 9.74. The Hall–Kier alpha value is -1.91. The predicted octanol–water partition coefficient (Wildman–Crippen LogP) is 0.0969. The third-order valence-electron chi connectivity index (χ3n) is 5.22. The van der Waals surface area contributed by atoms with Crippen molar-refractivity contribution in [2.75, 3.05) is 36.7 Å². The second-order valence-corrected chi connectivity index (χ2v) is 11.6. The highest BCUT2D eigenvalue weighted by Gasteiger charge is 2.57. The van der Waals surface area contributed by atoms with E-state index >= 15 is 0 Å². The van der Waals surface area contributed by atoms with Crippen molar-refractivity contribution in [2.24, 2.45) is 17.6 Å². The Morgan fingerprint density at radius 2 is 2.27 bits per heavy atom. The summed E-state index contributed by atoms with van der Waals surface area (Å²) in [6, 6.07) is -0.742. The normalized spacial score (nSPS) is 27.3.